The molecule has 1 aromatic carbocycles. The van der Waals surface area contributed by atoms with Gasteiger partial charge in [-0.3, -0.25) is 4.79 Å². The molecule has 1 heterocycles. The summed E-state index contributed by atoms with van der Waals surface area (Å²) in [7, 11) is 0. The number of rotatable bonds is 3. The quantitative estimate of drug-likeness (QED) is 0.880. The molecular formula is C12H16ClNO4. The number of aliphatic carboxylic acids is 1. The molecule has 1 atom stereocenters. The normalized spacial score (nSPS) is 14.8. The summed E-state index contributed by atoms with van der Waals surface area (Å²) >= 11 is 0. The van der Waals surface area contributed by atoms with Gasteiger partial charge in [-0.25, -0.2) is 0 Å². The first kappa shape index (κ1) is 14.6. The van der Waals surface area contributed by atoms with Crippen LogP contribution >= 0.6 is 12.4 Å². The van der Waals surface area contributed by atoms with E-state index >= 15 is 0 Å². The van der Waals surface area contributed by atoms with Gasteiger partial charge < -0.3 is 20.3 Å². The number of hydrogen-bond donors (Lipinski definition) is 2. The number of nitrogens with two attached hydrogens (primary N) is 1. The van der Waals surface area contributed by atoms with Gasteiger partial charge in [0.15, 0.2) is 11.5 Å². The molecule has 0 saturated carbocycles. The van der Waals surface area contributed by atoms with Crippen molar-refractivity contribution in [2.45, 2.75) is 19.9 Å². The zero-order valence-corrected chi connectivity index (χ0v) is 11.0. The van der Waals surface area contributed by atoms with Crippen molar-refractivity contribution in [1.29, 1.82) is 0 Å². The molecule has 100 valence electrons. The van der Waals surface area contributed by atoms with E-state index in [1.165, 1.54) is 0 Å². The smallest absolute Gasteiger partial charge is 0.311 e. The summed E-state index contributed by atoms with van der Waals surface area (Å²) in [6.45, 7) is 3.39. The molecule has 0 spiro atoms. The van der Waals surface area contributed by atoms with Crippen molar-refractivity contribution in [1.82, 2.24) is 0 Å². The summed E-state index contributed by atoms with van der Waals surface area (Å²) in [5.41, 5.74) is 5.68. The number of carboxylic acids is 1. The van der Waals surface area contributed by atoms with Crippen LogP contribution < -0.4 is 15.2 Å². The molecule has 3 N–H and O–H groups in total. The number of ether oxygens (including phenoxy) is 2. The Hall–Kier alpha value is -1.46. The lowest BCUT2D eigenvalue weighted by molar-refractivity contribution is -0.148. The fourth-order valence-electron chi connectivity index (χ4n) is 1.66. The molecule has 1 aliphatic rings. The summed E-state index contributed by atoms with van der Waals surface area (Å²) in [5.74, 6) is 0.343. The van der Waals surface area contributed by atoms with Gasteiger partial charge in [0.1, 0.15) is 0 Å². The van der Waals surface area contributed by atoms with E-state index in [0.717, 1.165) is 5.56 Å². The molecule has 2 rings (SSSR count). The average molecular weight is 274 g/mol. The monoisotopic (exact) mass is 273 g/mol. The van der Waals surface area contributed by atoms with Gasteiger partial charge in [0.2, 0.25) is 6.79 Å². The van der Waals surface area contributed by atoms with E-state index in [2.05, 4.69) is 0 Å². The van der Waals surface area contributed by atoms with Crippen LogP contribution in [-0.4, -0.2) is 17.9 Å². The molecule has 0 aromatic heterocycles. The Morgan fingerprint density at radius 2 is 2.00 bits per heavy atom. The van der Waals surface area contributed by atoms with Crippen LogP contribution in [0.15, 0.2) is 18.2 Å². The molecule has 0 saturated heterocycles. The number of carboxylic acid groups (broad SMARTS) is 1. The number of benzene rings is 1. The van der Waals surface area contributed by atoms with Crippen LogP contribution in [-0.2, 0) is 4.79 Å². The molecule has 1 unspecified atom stereocenters. The fourth-order valence-corrected chi connectivity index (χ4v) is 1.66. The third-order valence-electron chi connectivity index (χ3n) is 3.08. The number of carbonyl (C=O) groups is 1. The lowest BCUT2D eigenvalue weighted by Crippen LogP contribution is -2.36. The summed E-state index contributed by atoms with van der Waals surface area (Å²) < 4.78 is 10.4. The maximum absolute atomic E-state index is 11.1. The molecule has 0 bridgehead atoms. The molecule has 18 heavy (non-hydrogen) atoms. The molecule has 1 aliphatic heterocycles. The van der Waals surface area contributed by atoms with Crippen LogP contribution in [0.4, 0.5) is 0 Å². The van der Waals surface area contributed by atoms with E-state index in [0.29, 0.717) is 11.5 Å². The Balaban J connectivity index is 0.00000162. The van der Waals surface area contributed by atoms with Gasteiger partial charge in [-0.1, -0.05) is 6.07 Å². The first-order chi connectivity index (χ1) is 7.93. The Morgan fingerprint density at radius 3 is 2.61 bits per heavy atom. The van der Waals surface area contributed by atoms with Crippen molar-refractivity contribution in [3.63, 3.8) is 0 Å². The Kier molecular flexibility index (Phi) is 4.09. The first-order valence-electron chi connectivity index (χ1n) is 5.31. The lowest BCUT2D eigenvalue weighted by Gasteiger charge is -2.27. The Morgan fingerprint density at radius 1 is 1.39 bits per heavy atom. The number of halogens is 1. The minimum absolute atomic E-state index is 0. The van der Waals surface area contributed by atoms with Gasteiger partial charge in [0.25, 0.3) is 0 Å². The van der Waals surface area contributed by atoms with E-state index in [9.17, 15) is 4.79 Å². The van der Waals surface area contributed by atoms with E-state index in [4.69, 9.17) is 20.3 Å². The third kappa shape index (κ3) is 2.37. The molecule has 0 fully saturated rings. The third-order valence-corrected chi connectivity index (χ3v) is 3.08. The summed E-state index contributed by atoms with van der Waals surface area (Å²) in [6.07, 6.45) is 0. The molecule has 0 aliphatic carbocycles. The first-order valence-corrected chi connectivity index (χ1v) is 5.31. The highest BCUT2D eigenvalue weighted by Crippen LogP contribution is 2.38. The van der Waals surface area contributed by atoms with Gasteiger partial charge in [0, 0.05) is 6.04 Å². The zero-order valence-electron chi connectivity index (χ0n) is 10.2. The van der Waals surface area contributed by atoms with Crippen LogP contribution in [0.25, 0.3) is 0 Å². The largest absolute Gasteiger partial charge is 0.481 e. The predicted molar refractivity (Wildman–Crippen MR) is 68.2 cm³/mol. The van der Waals surface area contributed by atoms with E-state index < -0.39 is 17.4 Å². The maximum atomic E-state index is 11.1. The molecular weight excluding hydrogens is 258 g/mol. The predicted octanol–water partition coefficient (Wildman–Crippen LogP) is 1.95. The zero-order chi connectivity index (χ0) is 12.6. The second kappa shape index (κ2) is 5.04. The highest BCUT2D eigenvalue weighted by Gasteiger charge is 2.36. The lowest BCUT2D eigenvalue weighted by atomic mass is 9.81. The second-order valence-corrected chi connectivity index (χ2v) is 4.62. The van der Waals surface area contributed by atoms with Crippen LogP contribution in [0, 0.1) is 5.41 Å². The van der Waals surface area contributed by atoms with Gasteiger partial charge in [-0.15, -0.1) is 12.4 Å². The Bertz CT molecular complexity index is 461. The Labute approximate surface area is 111 Å². The fraction of sp³-hybridized carbons (Fsp3) is 0.417. The van der Waals surface area contributed by atoms with Crippen molar-refractivity contribution < 1.29 is 19.4 Å². The van der Waals surface area contributed by atoms with Gasteiger partial charge in [0.05, 0.1) is 5.41 Å². The topological polar surface area (TPSA) is 81.8 Å². The molecule has 0 amide bonds. The number of fused-ring (bicyclic) bond motifs is 1. The van der Waals surface area contributed by atoms with E-state index in [-0.39, 0.29) is 19.2 Å². The van der Waals surface area contributed by atoms with Gasteiger partial charge in [-0.2, -0.15) is 0 Å². The summed E-state index contributed by atoms with van der Waals surface area (Å²) in [5, 5.41) is 9.13. The van der Waals surface area contributed by atoms with Crippen LogP contribution in [0.5, 0.6) is 11.5 Å². The highest BCUT2D eigenvalue weighted by atomic mass is 35.5. The standard InChI is InChI=1S/C12H15NO4.ClH/c1-12(2,11(14)15)10(13)7-3-4-8-9(5-7)17-6-16-8;/h3-5,10H,6,13H2,1-2H3,(H,14,15);1H. The van der Waals surface area contributed by atoms with Crippen LogP contribution in [0.2, 0.25) is 0 Å². The average Bonchev–Trinajstić information content (AvgIpc) is 2.74. The van der Waals surface area contributed by atoms with Crippen molar-refractivity contribution in [2.75, 3.05) is 6.79 Å². The summed E-state index contributed by atoms with van der Waals surface area (Å²) in [4.78, 5) is 11.1. The van der Waals surface area contributed by atoms with Crippen molar-refractivity contribution in [3.8, 4) is 11.5 Å². The van der Waals surface area contributed by atoms with Gasteiger partial charge >= 0.3 is 5.97 Å². The molecule has 5 nitrogen and oxygen atoms in total. The minimum atomic E-state index is -1.03. The van der Waals surface area contributed by atoms with Crippen molar-refractivity contribution >= 4 is 18.4 Å². The van der Waals surface area contributed by atoms with E-state index in [1.807, 2.05) is 0 Å². The molecule has 6 heteroatoms. The van der Waals surface area contributed by atoms with Crippen LogP contribution in [0.3, 0.4) is 0 Å². The van der Waals surface area contributed by atoms with Gasteiger partial charge in [-0.05, 0) is 31.5 Å². The highest BCUT2D eigenvalue weighted by molar-refractivity contribution is 5.85. The van der Waals surface area contributed by atoms with E-state index in [1.54, 1.807) is 32.0 Å². The molecule has 1 aromatic rings. The molecule has 0 radical (unpaired) electrons. The minimum Gasteiger partial charge on any atom is -0.481 e. The second-order valence-electron chi connectivity index (χ2n) is 4.62. The van der Waals surface area contributed by atoms with Crippen molar-refractivity contribution in [3.05, 3.63) is 23.8 Å². The summed E-state index contributed by atoms with van der Waals surface area (Å²) in [6, 6.07) is 4.64. The number of hydrogen-bond acceptors (Lipinski definition) is 4. The maximum Gasteiger partial charge on any atom is 0.311 e. The SMILES string of the molecule is CC(C)(C(=O)O)C(N)c1ccc2c(c1)OCO2.Cl. The van der Waals surface area contributed by atoms with Crippen molar-refractivity contribution in [2.24, 2.45) is 11.1 Å². The van der Waals surface area contributed by atoms with Crippen LogP contribution in [0.1, 0.15) is 25.5 Å².